The zero-order chi connectivity index (χ0) is 19.6. The summed E-state index contributed by atoms with van der Waals surface area (Å²) in [7, 11) is 1.33. The van der Waals surface area contributed by atoms with Crippen LogP contribution in [-0.2, 0) is 0 Å². The van der Waals surface area contributed by atoms with Gasteiger partial charge >= 0.3 is 12.6 Å². The fourth-order valence-corrected chi connectivity index (χ4v) is 2.97. The fourth-order valence-electron chi connectivity index (χ4n) is 2.11. The molecule has 0 aliphatic carbocycles. The van der Waals surface area contributed by atoms with E-state index in [1.165, 1.54) is 37.4 Å². The second-order valence-corrected chi connectivity index (χ2v) is 6.45. The van der Waals surface area contributed by atoms with Crippen LogP contribution in [0.25, 0.3) is 0 Å². The number of benzene rings is 2. The zero-order valence-corrected chi connectivity index (χ0v) is 15.3. The lowest BCUT2D eigenvalue weighted by molar-refractivity contribution is -0.0511. The molecule has 0 saturated carbocycles. The van der Waals surface area contributed by atoms with Gasteiger partial charge in [-0.15, -0.1) is 11.8 Å². The predicted octanol–water partition coefficient (Wildman–Crippen LogP) is 4.74. The number of hydrogen-bond donors (Lipinski definition) is 2. The Morgan fingerprint density at radius 1 is 1.15 bits per heavy atom. The van der Waals surface area contributed by atoms with E-state index in [-0.39, 0.29) is 17.3 Å². The highest BCUT2D eigenvalue weighted by Gasteiger charge is 2.12. The molecule has 2 aromatic carbocycles. The monoisotopic (exact) mass is 400 g/mol. The number of thioether (sulfide) groups is 1. The van der Waals surface area contributed by atoms with Gasteiger partial charge in [0.2, 0.25) is 0 Å². The van der Waals surface area contributed by atoms with E-state index in [1.807, 2.05) is 0 Å². The first-order chi connectivity index (χ1) is 13.0. The predicted molar refractivity (Wildman–Crippen MR) is 98.4 cm³/mol. The third-order valence-electron chi connectivity index (χ3n) is 3.33. The van der Waals surface area contributed by atoms with Crippen LogP contribution in [-0.4, -0.2) is 32.1 Å². The summed E-state index contributed by atoms with van der Waals surface area (Å²) in [4.78, 5) is 12.8. The summed E-state index contributed by atoms with van der Waals surface area (Å²) < 4.78 is 46.9. The van der Waals surface area contributed by atoms with Gasteiger partial charge in [0, 0.05) is 23.2 Å². The van der Waals surface area contributed by atoms with E-state index >= 15 is 0 Å². The van der Waals surface area contributed by atoms with Gasteiger partial charge in [-0.3, -0.25) is 0 Å². The van der Waals surface area contributed by atoms with Crippen molar-refractivity contribution in [2.45, 2.75) is 17.9 Å². The molecule has 27 heavy (non-hydrogen) atoms. The van der Waals surface area contributed by atoms with Gasteiger partial charge < -0.3 is 20.1 Å². The highest BCUT2D eigenvalue weighted by atomic mass is 32.2. The average Bonchev–Trinajstić information content (AvgIpc) is 2.63. The molecule has 0 radical (unpaired) electrons. The summed E-state index contributed by atoms with van der Waals surface area (Å²) in [5.41, 5.74) is 0.296. The maximum atomic E-state index is 12.8. The van der Waals surface area contributed by atoms with Gasteiger partial charge in [0.25, 0.3) is 0 Å². The van der Waals surface area contributed by atoms with Gasteiger partial charge in [0.05, 0.1) is 7.11 Å². The van der Waals surface area contributed by atoms with E-state index < -0.39 is 12.6 Å². The number of carbonyl (C=O) groups is 1. The van der Waals surface area contributed by atoms with Crippen molar-refractivity contribution in [3.63, 3.8) is 0 Å². The third-order valence-corrected chi connectivity index (χ3v) is 4.42. The quantitative estimate of drug-likeness (QED) is 0.472. The molecule has 0 unspecified atom stereocenters. The van der Waals surface area contributed by atoms with Crippen molar-refractivity contribution in [2.75, 3.05) is 24.7 Å². The van der Waals surface area contributed by atoms with Crippen molar-refractivity contribution >= 4 is 23.5 Å². The topological polar surface area (TPSA) is 59.6 Å². The van der Waals surface area contributed by atoms with Crippen molar-refractivity contribution in [3.8, 4) is 11.5 Å². The van der Waals surface area contributed by atoms with Crippen LogP contribution in [0.4, 0.5) is 23.7 Å². The van der Waals surface area contributed by atoms with Gasteiger partial charge in [0.1, 0.15) is 5.82 Å². The van der Waals surface area contributed by atoms with Crippen LogP contribution in [0.2, 0.25) is 0 Å². The second kappa shape index (κ2) is 10.6. The summed E-state index contributed by atoms with van der Waals surface area (Å²) in [6, 6.07) is 9.92. The first-order valence-electron chi connectivity index (χ1n) is 8.04. The first-order valence-corrected chi connectivity index (χ1v) is 9.02. The standard InChI is InChI=1S/C18H19F3N2O3S/c1-25-15-8-5-13(11-16(15)26-17(20)21)23-18(24)22-9-2-10-27-14-6-3-12(19)4-7-14/h3-8,11,17H,2,9-10H2,1H3,(H2,22,23,24). The van der Waals surface area contributed by atoms with Gasteiger partial charge in [-0.1, -0.05) is 0 Å². The number of methoxy groups -OCH3 is 1. The summed E-state index contributed by atoms with van der Waals surface area (Å²) in [6.45, 7) is -2.57. The molecule has 0 saturated heterocycles. The Bertz CT molecular complexity index is 745. The van der Waals surface area contributed by atoms with E-state index in [9.17, 15) is 18.0 Å². The minimum absolute atomic E-state index is 0.138. The molecular weight excluding hydrogens is 381 g/mol. The normalized spacial score (nSPS) is 10.6. The Labute approximate surface area is 159 Å². The minimum Gasteiger partial charge on any atom is -0.493 e. The molecule has 2 aromatic rings. The molecule has 9 heteroatoms. The van der Waals surface area contributed by atoms with E-state index in [0.717, 1.165) is 10.6 Å². The molecule has 2 N–H and O–H groups in total. The van der Waals surface area contributed by atoms with Crippen molar-refractivity contribution in [1.29, 1.82) is 0 Å². The summed E-state index contributed by atoms with van der Waals surface area (Å²) in [5, 5.41) is 5.21. The molecule has 0 aromatic heterocycles. The fraction of sp³-hybridized carbons (Fsp3) is 0.278. The third kappa shape index (κ3) is 7.30. The Morgan fingerprint density at radius 2 is 1.89 bits per heavy atom. The van der Waals surface area contributed by atoms with E-state index in [1.54, 1.807) is 23.9 Å². The SMILES string of the molecule is COc1ccc(NC(=O)NCCCSc2ccc(F)cc2)cc1OC(F)F. The Hall–Kier alpha value is -2.55. The van der Waals surface area contributed by atoms with Crippen LogP contribution in [0.15, 0.2) is 47.4 Å². The lowest BCUT2D eigenvalue weighted by Crippen LogP contribution is -2.29. The number of urea groups is 1. The molecule has 5 nitrogen and oxygen atoms in total. The van der Waals surface area contributed by atoms with Crippen molar-refractivity contribution in [1.82, 2.24) is 5.32 Å². The molecule has 2 amide bonds. The molecule has 0 spiro atoms. The Kier molecular flexibility index (Phi) is 8.12. The van der Waals surface area contributed by atoms with Gasteiger partial charge in [-0.25, -0.2) is 9.18 Å². The van der Waals surface area contributed by atoms with E-state index in [0.29, 0.717) is 18.7 Å². The molecule has 0 heterocycles. The number of nitrogens with one attached hydrogen (secondary N) is 2. The average molecular weight is 400 g/mol. The van der Waals surface area contributed by atoms with E-state index in [4.69, 9.17) is 4.74 Å². The highest BCUT2D eigenvalue weighted by Crippen LogP contribution is 2.31. The Morgan fingerprint density at radius 3 is 2.56 bits per heavy atom. The van der Waals surface area contributed by atoms with Crippen molar-refractivity contribution in [2.24, 2.45) is 0 Å². The molecule has 0 aliphatic rings. The number of carbonyl (C=O) groups excluding carboxylic acids is 1. The van der Waals surface area contributed by atoms with Crippen molar-refractivity contribution in [3.05, 3.63) is 48.3 Å². The number of rotatable bonds is 9. The van der Waals surface area contributed by atoms with E-state index in [2.05, 4.69) is 15.4 Å². The van der Waals surface area contributed by atoms with Gasteiger partial charge in [-0.2, -0.15) is 8.78 Å². The Balaban J connectivity index is 1.74. The van der Waals surface area contributed by atoms with Crippen LogP contribution >= 0.6 is 11.8 Å². The minimum atomic E-state index is -3.00. The smallest absolute Gasteiger partial charge is 0.387 e. The first kappa shape index (κ1) is 20.8. The van der Waals surface area contributed by atoms with Crippen LogP contribution < -0.4 is 20.1 Å². The number of ether oxygens (including phenoxy) is 2. The maximum absolute atomic E-state index is 12.8. The summed E-state index contributed by atoms with van der Waals surface area (Å²) in [6.07, 6.45) is 0.706. The molecule has 2 rings (SSSR count). The number of alkyl halides is 2. The molecule has 0 atom stereocenters. The lowest BCUT2D eigenvalue weighted by atomic mass is 10.3. The lowest BCUT2D eigenvalue weighted by Gasteiger charge is -2.12. The van der Waals surface area contributed by atoms with Gasteiger partial charge in [0.15, 0.2) is 11.5 Å². The molecule has 0 bridgehead atoms. The van der Waals surface area contributed by atoms with Crippen LogP contribution in [0.5, 0.6) is 11.5 Å². The second-order valence-electron chi connectivity index (χ2n) is 5.28. The van der Waals surface area contributed by atoms with Crippen LogP contribution in [0.1, 0.15) is 6.42 Å². The van der Waals surface area contributed by atoms with Crippen molar-refractivity contribution < 1.29 is 27.4 Å². The highest BCUT2D eigenvalue weighted by molar-refractivity contribution is 7.99. The molecular formula is C18H19F3N2O3S. The van der Waals surface area contributed by atoms with Gasteiger partial charge in [-0.05, 0) is 48.6 Å². The van der Waals surface area contributed by atoms with Crippen LogP contribution in [0.3, 0.4) is 0 Å². The summed E-state index contributed by atoms with van der Waals surface area (Å²) >= 11 is 1.56. The number of anilines is 1. The molecule has 146 valence electrons. The number of amides is 2. The largest absolute Gasteiger partial charge is 0.493 e. The number of halogens is 3. The molecule has 0 fully saturated rings. The maximum Gasteiger partial charge on any atom is 0.387 e. The zero-order valence-electron chi connectivity index (χ0n) is 14.5. The van der Waals surface area contributed by atoms with Crippen LogP contribution in [0, 0.1) is 5.82 Å². The number of hydrogen-bond acceptors (Lipinski definition) is 4. The molecule has 0 aliphatic heterocycles. The summed E-state index contributed by atoms with van der Waals surface area (Å²) in [5.74, 6) is 0.444.